The Morgan fingerprint density at radius 3 is 2.56 bits per heavy atom. The van der Waals surface area contributed by atoms with E-state index in [4.69, 9.17) is 9.63 Å². The zero-order chi connectivity index (χ0) is 12.1. The van der Waals surface area contributed by atoms with Crippen LogP contribution in [-0.4, -0.2) is 39.4 Å². The Kier molecular flexibility index (Phi) is 5.08. The van der Waals surface area contributed by atoms with Crippen molar-refractivity contribution in [1.29, 1.82) is 0 Å². The van der Waals surface area contributed by atoms with Crippen LogP contribution in [-0.2, 0) is 0 Å². The summed E-state index contributed by atoms with van der Waals surface area (Å²) >= 11 is 1.61. The SMILES string of the molecule is CS[C@@H](CO)[C@@H](C)Nc1nc(C(C)C)no1. The molecule has 0 aliphatic carbocycles. The van der Waals surface area contributed by atoms with Crippen LogP contribution in [0.25, 0.3) is 0 Å². The minimum atomic E-state index is 0.0838. The van der Waals surface area contributed by atoms with E-state index < -0.39 is 0 Å². The zero-order valence-corrected chi connectivity index (χ0v) is 10.9. The lowest BCUT2D eigenvalue weighted by Gasteiger charge is -2.19. The molecule has 2 atom stereocenters. The molecule has 1 heterocycles. The van der Waals surface area contributed by atoms with Gasteiger partial charge in [-0.3, -0.25) is 0 Å². The van der Waals surface area contributed by atoms with Gasteiger partial charge in [0.2, 0.25) is 0 Å². The molecule has 1 aromatic heterocycles. The Labute approximate surface area is 100 Å². The van der Waals surface area contributed by atoms with Crippen LogP contribution >= 0.6 is 11.8 Å². The van der Waals surface area contributed by atoms with Crippen LogP contribution in [0.2, 0.25) is 0 Å². The number of aliphatic hydroxyl groups is 1. The van der Waals surface area contributed by atoms with Crippen molar-refractivity contribution in [2.45, 2.75) is 38.0 Å². The summed E-state index contributed by atoms with van der Waals surface area (Å²) in [5.74, 6) is 0.947. The third-order valence-corrected chi connectivity index (χ3v) is 3.51. The molecule has 0 unspecified atom stereocenters. The lowest BCUT2D eigenvalue weighted by Crippen LogP contribution is -2.31. The third-order valence-electron chi connectivity index (χ3n) is 2.35. The molecule has 0 saturated carbocycles. The molecular weight excluding hydrogens is 226 g/mol. The highest BCUT2D eigenvalue weighted by atomic mass is 32.2. The van der Waals surface area contributed by atoms with Gasteiger partial charge in [0.15, 0.2) is 5.82 Å². The Hall–Kier alpha value is -0.750. The van der Waals surface area contributed by atoms with E-state index in [1.54, 1.807) is 11.8 Å². The monoisotopic (exact) mass is 245 g/mol. The quantitative estimate of drug-likeness (QED) is 0.795. The Bertz CT molecular complexity index is 313. The summed E-state index contributed by atoms with van der Waals surface area (Å²) < 4.78 is 5.07. The lowest BCUT2D eigenvalue weighted by atomic mass is 10.2. The van der Waals surface area contributed by atoms with Crippen LogP contribution in [0.15, 0.2) is 4.52 Å². The summed E-state index contributed by atoms with van der Waals surface area (Å²) in [5, 5.41) is 16.2. The number of aromatic nitrogens is 2. The fourth-order valence-electron chi connectivity index (χ4n) is 1.25. The highest BCUT2D eigenvalue weighted by Crippen LogP contribution is 2.17. The first kappa shape index (κ1) is 13.3. The van der Waals surface area contributed by atoms with E-state index in [0.717, 1.165) is 0 Å². The summed E-state index contributed by atoms with van der Waals surface area (Å²) in [4.78, 5) is 4.22. The summed E-state index contributed by atoms with van der Waals surface area (Å²) in [6.45, 7) is 6.13. The second-order valence-corrected chi connectivity index (χ2v) is 5.08. The largest absolute Gasteiger partial charge is 0.395 e. The Morgan fingerprint density at radius 1 is 1.44 bits per heavy atom. The van der Waals surface area contributed by atoms with Gasteiger partial charge in [0.25, 0.3) is 0 Å². The van der Waals surface area contributed by atoms with Crippen molar-refractivity contribution >= 4 is 17.8 Å². The van der Waals surface area contributed by atoms with Crippen molar-refractivity contribution in [2.75, 3.05) is 18.2 Å². The predicted octanol–water partition coefficient (Wildman–Crippen LogP) is 1.72. The molecule has 2 N–H and O–H groups in total. The molecule has 0 spiro atoms. The molecule has 6 heteroatoms. The second-order valence-electron chi connectivity index (χ2n) is 4.00. The van der Waals surface area contributed by atoms with Crippen molar-refractivity contribution in [1.82, 2.24) is 10.1 Å². The van der Waals surface area contributed by atoms with Crippen molar-refractivity contribution in [3.05, 3.63) is 5.82 Å². The normalized spacial score (nSPS) is 15.1. The smallest absolute Gasteiger partial charge is 0.321 e. The summed E-state index contributed by atoms with van der Waals surface area (Å²) in [6.07, 6.45) is 1.96. The van der Waals surface area contributed by atoms with Gasteiger partial charge < -0.3 is 14.9 Å². The Balaban J connectivity index is 2.58. The average Bonchev–Trinajstić information content (AvgIpc) is 2.68. The fraction of sp³-hybridized carbons (Fsp3) is 0.800. The van der Waals surface area contributed by atoms with Gasteiger partial charge in [-0.25, -0.2) is 0 Å². The molecule has 0 bridgehead atoms. The van der Waals surface area contributed by atoms with Crippen LogP contribution in [0.3, 0.4) is 0 Å². The highest BCUT2D eigenvalue weighted by Gasteiger charge is 2.18. The topological polar surface area (TPSA) is 71.2 Å². The highest BCUT2D eigenvalue weighted by molar-refractivity contribution is 7.99. The number of rotatable bonds is 6. The second kappa shape index (κ2) is 6.10. The minimum absolute atomic E-state index is 0.0838. The molecule has 0 fully saturated rings. The first-order valence-electron chi connectivity index (χ1n) is 5.32. The molecule has 0 saturated heterocycles. The number of nitrogens with zero attached hydrogens (tertiary/aromatic N) is 2. The van der Waals surface area contributed by atoms with Crippen molar-refractivity contribution in [2.24, 2.45) is 0 Å². The number of aliphatic hydroxyl groups excluding tert-OH is 1. The number of nitrogens with one attached hydrogen (secondary N) is 1. The van der Waals surface area contributed by atoms with E-state index in [2.05, 4.69) is 15.5 Å². The van der Waals surface area contributed by atoms with Gasteiger partial charge in [0, 0.05) is 17.2 Å². The van der Waals surface area contributed by atoms with Gasteiger partial charge in [0.1, 0.15) is 0 Å². The van der Waals surface area contributed by atoms with Gasteiger partial charge in [-0.2, -0.15) is 16.7 Å². The van der Waals surface area contributed by atoms with E-state index in [-0.39, 0.29) is 23.8 Å². The molecule has 1 rings (SSSR count). The lowest BCUT2D eigenvalue weighted by molar-refractivity contribution is 0.287. The molecule has 0 aromatic carbocycles. The van der Waals surface area contributed by atoms with Crippen LogP contribution in [0.4, 0.5) is 6.01 Å². The van der Waals surface area contributed by atoms with Crippen LogP contribution in [0.5, 0.6) is 0 Å². The van der Waals surface area contributed by atoms with Gasteiger partial charge in [-0.15, -0.1) is 0 Å². The van der Waals surface area contributed by atoms with Crippen LogP contribution < -0.4 is 5.32 Å². The van der Waals surface area contributed by atoms with E-state index >= 15 is 0 Å². The van der Waals surface area contributed by atoms with Crippen LogP contribution in [0, 0.1) is 0 Å². The van der Waals surface area contributed by atoms with E-state index in [9.17, 15) is 0 Å². The number of hydrogen-bond donors (Lipinski definition) is 2. The summed E-state index contributed by atoms with van der Waals surface area (Å²) in [6, 6.07) is 0.504. The van der Waals surface area contributed by atoms with Crippen molar-refractivity contribution < 1.29 is 9.63 Å². The summed E-state index contributed by atoms with van der Waals surface area (Å²) in [5.41, 5.74) is 0. The average molecular weight is 245 g/mol. The third kappa shape index (κ3) is 3.38. The maximum Gasteiger partial charge on any atom is 0.321 e. The van der Waals surface area contributed by atoms with E-state index in [0.29, 0.717) is 11.8 Å². The first-order valence-corrected chi connectivity index (χ1v) is 6.61. The molecule has 16 heavy (non-hydrogen) atoms. The number of hydrogen-bond acceptors (Lipinski definition) is 6. The van der Waals surface area contributed by atoms with Gasteiger partial charge in [-0.05, 0) is 13.2 Å². The Morgan fingerprint density at radius 2 is 2.12 bits per heavy atom. The molecule has 0 radical (unpaired) electrons. The fourth-order valence-corrected chi connectivity index (χ4v) is 1.88. The van der Waals surface area contributed by atoms with Crippen LogP contribution in [0.1, 0.15) is 32.5 Å². The number of thioether (sulfide) groups is 1. The molecule has 5 nitrogen and oxygen atoms in total. The van der Waals surface area contributed by atoms with Crippen molar-refractivity contribution in [3.8, 4) is 0 Å². The number of anilines is 1. The summed E-state index contributed by atoms with van der Waals surface area (Å²) in [7, 11) is 0. The standard InChI is InChI=1S/C10H19N3O2S/c1-6(2)9-12-10(15-13-9)11-7(3)8(5-14)16-4/h6-8,14H,5H2,1-4H3,(H,11,12,13)/t7-,8+/m1/s1. The van der Waals surface area contributed by atoms with E-state index in [1.165, 1.54) is 0 Å². The predicted molar refractivity (Wildman–Crippen MR) is 65.9 cm³/mol. The molecule has 0 aliphatic heterocycles. The van der Waals surface area contributed by atoms with Crippen molar-refractivity contribution in [3.63, 3.8) is 0 Å². The maximum absolute atomic E-state index is 9.14. The molecule has 1 aromatic rings. The minimum Gasteiger partial charge on any atom is -0.395 e. The molecular formula is C10H19N3O2S. The van der Waals surface area contributed by atoms with Gasteiger partial charge in [0.05, 0.1) is 6.61 Å². The van der Waals surface area contributed by atoms with Gasteiger partial charge in [-0.1, -0.05) is 19.0 Å². The van der Waals surface area contributed by atoms with Gasteiger partial charge >= 0.3 is 6.01 Å². The molecule has 0 amide bonds. The molecule has 0 aliphatic rings. The molecule has 92 valence electrons. The first-order chi connectivity index (χ1) is 7.58. The maximum atomic E-state index is 9.14. The van der Waals surface area contributed by atoms with E-state index in [1.807, 2.05) is 27.0 Å². The zero-order valence-electron chi connectivity index (χ0n) is 10.1.